The molecule has 1 aromatic carbocycles. The summed E-state index contributed by atoms with van der Waals surface area (Å²) in [5, 5.41) is 1.78. The van der Waals surface area contributed by atoms with Crippen LogP contribution in [0, 0.1) is 0 Å². The Bertz CT molecular complexity index is 787. The van der Waals surface area contributed by atoms with Gasteiger partial charge in [-0.05, 0) is 18.1 Å². The molecule has 2 aromatic heterocycles. The lowest BCUT2D eigenvalue weighted by Gasteiger charge is -2.12. The summed E-state index contributed by atoms with van der Waals surface area (Å²) in [5.74, 6) is 0.696. The Hall–Kier alpha value is -1.71. The van der Waals surface area contributed by atoms with Gasteiger partial charge in [-0.2, -0.15) is 0 Å². The zero-order chi connectivity index (χ0) is 15.0. The van der Waals surface area contributed by atoms with E-state index in [2.05, 4.69) is 15.0 Å². The van der Waals surface area contributed by atoms with Gasteiger partial charge in [0.1, 0.15) is 10.3 Å². The first-order valence-electron chi connectivity index (χ1n) is 6.65. The van der Waals surface area contributed by atoms with Crippen LogP contribution >= 0.6 is 23.2 Å². The maximum absolute atomic E-state index is 6.28. The van der Waals surface area contributed by atoms with Crippen molar-refractivity contribution < 1.29 is 0 Å². The van der Waals surface area contributed by atoms with E-state index < -0.39 is 0 Å². The Kier molecular flexibility index (Phi) is 3.79. The minimum absolute atomic E-state index is 0.174. The molecular formula is C16H13Cl2N3. The highest BCUT2D eigenvalue weighted by Crippen LogP contribution is 2.32. The van der Waals surface area contributed by atoms with Crippen molar-refractivity contribution in [2.24, 2.45) is 0 Å². The second-order valence-electron chi connectivity index (χ2n) is 5.07. The molecule has 106 valence electrons. The Morgan fingerprint density at radius 2 is 1.62 bits per heavy atom. The number of halogens is 2. The number of para-hydroxylation sites is 1. The lowest BCUT2D eigenvalue weighted by Crippen LogP contribution is -2.00. The Labute approximate surface area is 133 Å². The van der Waals surface area contributed by atoms with E-state index >= 15 is 0 Å². The topological polar surface area (TPSA) is 38.7 Å². The van der Waals surface area contributed by atoms with Crippen LogP contribution in [0.25, 0.3) is 22.3 Å². The highest BCUT2D eigenvalue weighted by atomic mass is 35.5. The van der Waals surface area contributed by atoms with Crippen molar-refractivity contribution in [3.63, 3.8) is 0 Å². The third-order valence-corrected chi connectivity index (χ3v) is 3.90. The number of hydrogen-bond acceptors (Lipinski definition) is 3. The molecule has 0 spiro atoms. The van der Waals surface area contributed by atoms with Crippen molar-refractivity contribution in [1.82, 2.24) is 15.0 Å². The van der Waals surface area contributed by atoms with E-state index in [4.69, 9.17) is 23.2 Å². The van der Waals surface area contributed by atoms with Crippen molar-refractivity contribution in [3.8, 4) is 11.4 Å². The number of benzene rings is 1. The predicted molar refractivity (Wildman–Crippen MR) is 86.9 cm³/mol. The van der Waals surface area contributed by atoms with Crippen LogP contribution in [-0.4, -0.2) is 15.0 Å². The predicted octanol–water partition coefficient (Wildman–Crippen LogP) is 5.12. The van der Waals surface area contributed by atoms with Crippen LogP contribution in [0.15, 0.2) is 36.5 Å². The maximum atomic E-state index is 6.28. The summed E-state index contributed by atoms with van der Waals surface area (Å²) < 4.78 is 0. The second kappa shape index (κ2) is 5.58. The number of fused-ring (bicyclic) bond motifs is 1. The number of hydrogen-bond donors (Lipinski definition) is 0. The molecule has 0 atom stereocenters. The molecule has 3 nitrogen and oxygen atoms in total. The second-order valence-corrected chi connectivity index (χ2v) is 5.79. The van der Waals surface area contributed by atoms with Crippen molar-refractivity contribution in [2.75, 3.05) is 0 Å². The van der Waals surface area contributed by atoms with Gasteiger partial charge in [0.05, 0.1) is 5.52 Å². The monoisotopic (exact) mass is 317 g/mol. The number of aromatic nitrogens is 3. The zero-order valence-electron chi connectivity index (χ0n) is 11.6. The first-order chi connectivity index (χ1) is 10.1. The van der Waals surface area contributed by atoms with Gasteiger partial charge >= 0.3 is 0 Å². The minimum atomic E-state index is 0.174. The van der Waals surface area contributed by atoms with Crippen LogP contribution in [-0.2, 0) is 0 Å². The van der Waals surface area contributed by atoms with Gasteiger partial charge in [-0.25, -0.2) is 9.97 Å². The SMILES string of the molecule is CC(C)c1c(Cl)nc(-c2ccnc3ccccc23)nc1Cl. The van der Waals surface area contributed by atoms with Crippen LogP contribution in [0.1, 0.15) is 25.3 Å². The smallest absolute Gasteiger partial charge is 0.163 e. The van der Waals surface area contributed by atoms with Crippen LogP contribution in [0.5, 0.6) is 0 Å². The van der Waals surface area contributed by atoms with Crippen LogP contribution in [0.2, 0.25) is 10.3 Å². The van der Waals surface area contributed by atoms with Gasteiger partial charge in [0.15, 0.2) is 5.82 Å². The van der Waals surface area contributed by atoms with Crippen LogP contribution < -0.4 is 0 Å². The molecule has 0 aliphatic rings. The normalized spacial score (nSPS) is 11.3. The molecule has 0 aliphatic heterocycles. The lowest BCUT2D eigenvalue weighted by molar-refractivity contribution is 0.848. The molecule has 0 aliphatic carbocycles. The van der Waals surface area contributed by atoms with E-state index in [0.717, 1.165) is 22.0 Å². The summed E-state index contributed by atoms with van der Waals surface area (Å²) in [6.45, 7) is 4.02. The summed E-state index contributed by atoms with van der Waals surface area (Å²) in [5.41, 5.74) is 2.54. The molecule has 2 heterocycles. The van der Waals surface area contributed by atoms with Crippen molar-refractivity contribution in [1.29, 1.82) is 0 Å². The van der Waals surface area contributed by atoms with Crippen molar-refractivity contribution >= 4 is 34.1 Å². The number of nitrogens with zero attached hydrogens (tertiary/aromatic N) is 3. The van der Waals surface area contributed by atoms with E-state index in [1.54, 1.807) is 6.20 Å². The molecular weight excluding hydrogens is 305 g/mol. The average Bonchev–Trinajstić information content (AvgIpc) is 2.45. The molecule has 5 heteroatoms. The zero-order valence-corrected chi connectivity index (χ0v) is 13.2. The van der Waals surface area contributed by atoms with E-state index in [1.807, 2.05) is 44.2 Å². The minimum Gasteiger partial charge on any atom is -0.256 e. The molecule has 3 aromatic rings. The summed E-state index contributed by atoms with van der Waals surface area (Å²) in [6.07, 6.45) is 1.74. The number of rotatable bonds is 2. The standard InChI is InChI=1S/C16H13Cl2N3/c1-9(2)13-14(17)20-16(21-15(13)18)11-7-8-19-12-6-4-3-5-10(11)12/h3-9H,1-2H3. The summed E-state index contributed by atoms with van der Waals surface area (Å²) in [6, 6.07) is 9.71. The van der Waals surface area contributed by atoms with E-state index in [9.17, 15) is 0 Å². The summed E-state index contributed by atoms with van der Waals surface area (Å²) in [7, 11) is 0. The van der Waals surface area contributed by atoms with Gasteiger partial charge < -0.3 is 0 Å². The van der Waals surface area contributed by atoms with Gasteiger partial charge in [0, 0.05) is 22.7 Å². The Balaban J connectivity index is 2.24. The van der Waals surface area contributed by atoms with Gasteiger partial charge in [-0.3, -0.25) is 4.98 Å². The Morgan fingerprint density at radius 3 is 2.29 bits per heavy atom. The molecule has 0 bridgehead atoms. The third kappa shape index (κ3) is 2.59. The van der Waals surface area contributed by atoms with Crippen molar-refractivity contribution in [2.45, 2.75) is 19.8 Å². The number of pyridine rings is 1. The molecule has 3 rings (SSSR count). The summed E-state index contributed by atoms with van der Waals surface area (Å²) >= 11 is 12.6. The van der Waals surface area contributed by atoms with E-state index in [0.29, 0.717) is 16.1 Å². The fourth-order valence-electron chi connectivity index (χ4n) is 2.30. The molecule has 21 heavy (non-hydrogen) atoms. The molecule has 0 amide bonds. The molecule has 0 unspecified atom stereocenters. The molecule has 0 saturated carbocycles. The maximum Gasteiger partial charge on any atom is 0.163 e. The molecule has 0 radical (unpaired) electrons. The van der Waals surface area contributed by atoms with Crippen LogP contribution in [0.4, 0.5) is 0 Å². The molecule has 0 saturated heterocycles. The molecule has 0 fully saturated rings. The molecule has 0 N–H and O–H groups in total. The van der Waals surface area contributed by atoms with E-state index in [1.165, 1.54) is 0 Å². The summed E-state index contributed by atoms with van der Waals surface area (Å²) in [4.78, 5) is 13.2. The fraction of sp³-hybridized carbons (Fsp3) is 0.188. The van der Waals surface area contributed by atoms with E-state index in [-0.39, 0.29) is 5.92 Å². The van der Waals surface area contributed by atoms with Gasteiger partial charge in [-0.1, -0.05) is 55.2 Å². The van der Waals surface area contributed by atoms with Gasteiger partial charge in [0.2, 0.25) is 0 Å². The highest BCUT2D eigenvalue weighted by molar-refractivity contribution is 6.34. The first kappa shape index (κ1) is 14.2. The van der Waals surface area contributed by atoms with Gasteiger partial charge in [0.25, 0.3) is 0 Å². The van der Waals surface area contributed by atoms with Crippen LogP contribution in [0.3, 0.4) is 0 Å². The fourth-order valence-corrected chi connectivity index (χ4v) is 3.13. The highest BCUT2D eigenvalue weighted by Gasteiger charge is 2.16. The quantitative estimate of drug-likeness (QED) is 0.615. The third-order valence-electron chi connectivity index (χ3n) is 3.32. The van der Waals surface area contributed by atoms with Gasteiger partial charge in [-0.15, -0.1) is 0 Å². The lowest BCUT2D eigenvalue weighted by atomic mass is 10.1. The first-order valence-corrected chi connectivity index (χ1v) is 7.40. The van der Waals surface area contributed by atoms with Crippen molar-refractivity contribution in [3.05, 3.63) is 52.4 Å². The Morgan fingerprint density at radius 1 is 0.952 bits per heavy atom. The average molecular weight is 318 g/mol. The largest absolute Gasteiger partial charge is 0.256 e.